The van der Waals surface area contributed by atoms with E-state index in [9.17, 15) is 18.0 Å². The van der Waals surface area contributed by atoms with Crippen molar-refractivity contribution in [2.75, 3.05) is 0 Å². The van der Waals surface area contributed by atoms with Crippen LogP contribution < -0.4 is 11.3 Å². The van der Waals surface area contributed by atoms with Crippen LogP contribution >= 0.6 is 0 Å². The highest BCUT2D eigenvalue weighted by molar-refractivity contribution is 5.88. The van der Waals surface area contributed by atoms with E-state index in [2.05, 4.69) is 20.2 Å². The van der Waals surface area contributed by atoms with Gasteiger partial charge in [0.2, 0.25) is 5.82 Å². The highest BCUT2D eigenvalue weighted by atomic mass is 19.4. The third-order valence-corrected chi connectivity index (χ3v) is 3.30. The third kappa shape index (κ3) is 2.78. The fourth-order valence-corrected chi connectivity index (χ4v) is 2.18. The summed E-state index contributed by atoms with van der Waals surface area (Å²) in [5.74, 6) is -1.21. The van der Waals surface area contributed by atoms with Crippen molar-refractivity contribution >= 4 is 10.8 Å². The summed E-state index contributed by atoms with van der Waals surface area (Å²) >= 11 is 0. The van der Waals surface area contributed by atoms with Gasteiger partial charge < -0.3 is 5.73 Å². The van der Waals surface area contributed by atoms with E-state index in [0.717, 1.165) is 12.4 Å². The zero-order chi connectivity index (χ0) is 16.6. The summed E-state index contributed by atoms with van der Waals surface area (Å²) in [7, 11) is 0. The van der Waals surface area contributed by atoms with E-state index in [-0.39, 0.29) is 12.1 Å². The molecule has 0 aliphatic carbocycles. The maximum absolute atomic E-state index is 12.5. The minimum Gasteiger partial charge on any atom is -0.325 e. The Morgan fingerprint density at radius 1 is 1.09 bits per heavy atom. The zero-order valence-corrected chi connectivity index (χ0v) is 11.6. The van der Waals surface area contributed by atoms with Crippen molar-refractivity contribution in [1.29, 1.82) is 0 Å². The largest absolute Gasteiger partial charge is 0.451 e. The molecule has 0 amide bonds. The van der Waals surface area contributed by atoms with Gasteiger partial charge in [-0.2, -0.15) is 18.3 Å². The molecule has 0 bridgehead atoms. The fourth-order valence-electron chi connectivity index (χ4n) is 2.18. The van der Waals surface area contributed by atoms with Crippen molar-refractivity contribution in [3.05, 3.63) is 52.5 Å². The first-order valence-corrected chi connectivity index (χ1v) is 6.51. The summed E-state index contributed by atoms with van der Waals surface area (Å²) in [6.45, 7) is 0.111. The molecular formula is C14H10F3N5O. The molecule has 9 heteroatoms. The average molecular weight is 321 g/mol. The van der Waals surface area contributed by atoms with Gasteiger partial charge in [0.1, 0.15) is 0 Å². The van der Waals surface area contributed by atoms with Crippen LogP contribution in [0.3, 0.4) is 0 Å². The SMILES string of the molecule is NCc1n[nH]c(=O)c2ccc(-c3cnc(C(F)(F)F)nc3)cc12. The lowest BCUT2D eigenvalue weighted by Gasteiger charge is -2.07. The van der Waals surface area contributed by atoms with Crippen LogP contribution in [0.15, 0.2) is 35.4 Å². The van der Waals surface area contributed by atoms with E-state index in [1.165, 1.54) is 0 Å². The van der Waals surface area contributed by atoms with Gasteiger partial charge in [0.05, 0.1) is 11.1 Å². The second-order valence-electron chi connectivity index (χ2n) is 4.76. The number of fused-ring (bicyclic) bond motifs is 1. The van der Waals surface area contributed by atoms with Gasteiger partial charge >= 0.3 is 6.18 Å². The standard InChI is InChI=1S/C14H10F3N5O/c15-14(16,17)13-19-5-8(6-20-13)7-1-2-9-10(3-7)11(4-18)21-22-12(9)23/h1-3,5-6H,4,18H2,(H,22,23). The average Bonchev–Trinajstić information content (AvgIpc) is 2.54. The monoisotopic (exact) mass is 321 g/mol. The van der Waals surface area contributed by atoms with Gasteiger partial charge in [-0.1, -0.05) is 6.07 Å². The van der Waals surface area contributed by atoms with E-state index in [1.807, 2.05) is 0 Å². The third-order valence-electron chi connectivity index (χ3n) is 3.30. The normalized spacial score (nSPS) is 11.8. The number of benzene rings is 1. The second-order valence-corrected chi connectivity index (χ2v) is 4.76. The molecule has 0 atom stereocenters. The molecule has 118 valence electrons. The summed E-state index contributed by atoms with van der Waals surface area (Å²) in [6, 6.07) is 4.79. The molecular weight excluding hydrogens is 311 g/mol. The lowest BCUT2D eigenvalue weighted by atomic mass is 10.0. The maximum Gasteiger partial charge on any atom is 0.451 e. The number of hydrogen-bond donors (Lipinski definition) is 2. The Kier molecular flexibility index (Phi) is 3.57. The molecule has 2 heterocycles. The Labute approximate surface area is 127 Å². The van der Waals surface area contributed by atoms with Gasteiger partial charge in [0, 0.05) is 29.9 Å². The smallest absolute Gasteiger partial charge is 0.325 e. The predicted octanol–water partition coefficient (Wildman–Crippen LogP) is 1.86. The maximum atomic E-state index is 12.5. The first-order chi connectivity index (χ1) is 10.9. The quantitative estimate of drug-likeness (QED) is 0.751. The molecule has 3 aromatic rings. The van der Waals surface area contributed by atoms with Crippen LogP contribution in [0.4, 0.5) is 13.2 Å². The minimum absolute atomic E-state index is 0.111. The Morgan fingerprint density at radius 3 is 2.39 bits per heavy atom. The van der Waals surface area contributed by atoms with Crippen molar-refractivity contribution in [2.45, 2.75) is 12.7 Å². The summed E-state index contributed by atoms with van der Waals surface area (Å²) in [6.07, 6.45) is -2.43. The molecule has 3 N–H and O–H groups in total. The predicted molar refractivity (Wildman–Crippen MR) is 76.3 cm³/mol. The molecule has 0 saturated heterocycles. The zero-order valence-electron chi connectivity index (χ0n) is 11.6. The van der Waals surface area contributed by atoms with Crippen LogP contribution in [0.2, 0.25) is 0 Å². The first-order valence-electron chi connectivity index (χ1n) is 6.51. The van der Waals surface area contributed by atoms with Crippen LogP contribution in [-0.4, -0.2) is 20.2 Å². The molecule has 1 aromatic carbocycles. The molecule has 6 nitrogen and oxygen atoms in total. The molecule has 23 heavy (non-hydrogen) atoms. The van der Waals surface area contributed by atoms with E-state index in [1.54, 1.807) is 18.2 Å². The summed E-state index contributed by atoms with van der Waals surface area (Å²) in [4.78, 5) is 18.4. The number of nitrogens with zero attached hydrogens (tertiary/aromatic N) is 3. The van der Waals surface area contributed by atoms with Crippen molar-refractivity contribution < 1.29 is 13.2 Å². The number of rotatable bonds is 2. The number of hydrogen-bond acceptors (Lipinski definition) is 5. The number of aromatic nitrogens is 4. The Hall–Kier alpha value is -2.81. The number of nitrogens with two attached hydrogens (primary N) is 1. The van der Waals surface area contributed by atoms with Crippen LogP contribution in [0.1, 0.15) is 11.5 Å². The van der Waals surface area contributed by atoms with Crippen LogP contribution in [0.25, 0.3) is 21.9 Å². The summed E-state index contributed by atoms with van der Waals surface area (Å²) in [5, 5.41) is 7.14. The minimum atomic E-state index is -4.59. The number of aromatic amines is 1. The molecule has 0 radical (unpaired) electrons. The molecule has 2 aromatic heterocycles. The summed E-state index contributed by atoms with van der Waals surface area (Å²) < 4.78 is 37.5. The van der Waals surface area contributed by atoms with Crippen molar-refractivity contribution in [1.82, 2.24) is 20.2 Å². The molecule has 0 aliphatic heterocycles. The lowest BCUT2D eigenvalue weighted by Crippen LogP contribution is -2.13. The highest BCUT2D eigenvalue weighted by Crippen LogP contribution is 2.28. The fraction of sp³-hybridized carbons (Fsp3) is 0.143. The van der Waals surface area contributed by atoms with Crippen LogP contribution in [0.5, 0.6) is 0 Å². The van der Waals surface area contributed by atoms with Crippen molar-refractivity contribution in [3.8, 4) is 11.1 Å². The Bertz CT molecular complexity index is 918. The van der Waals surface area contributed by atoms with Crippen molar-refractivity contribution in [3.63, 3.8) is 0 Å². The van der Waals surface area contributed by atoms with E-state index < -0.39 is 12.0 Å². The van der Waals surface area contributed by atoms with Gasteiger partial charge in [-0.3, -0.25) is 4.79 Å². The topological polar surface area (TPSA) is 97.5 Å². The number of alkyl halides is 3. The van der Waals surface area contributed by atoms with Crippen molar-refractivity contribution in [2.24, 2.45) is 5.73 Å². The van der Waals surface area contributed by atoms with Gasteiger partial charge in [0.15, 0.2) is 0 Å². The highest BCUT2D eigenvalue weighted by Gasteiger charge is 2.34. The number of nitrogens with one attached hydrogen (secondary N) is 1. The lowest BCUT2D eigenvalue weighted by molar-refractivity contribution is -0.144. The van der Waals surface area contributed by atoms with Gasteiger partial charge in [-0.05, 0) is 17.7 Å². The van der Waals surface area contributed by atoms with E-state index in [0.29, 0.717) is 27.6 Å². The molecule has 0 unspecified atom stereocenters. The molecule has 0 fully saturated rings. The molecule has 0 saturated carbocycles. The first kappa shape index (κ1) is 15.1. The molecule has 0 aliphatic rings. The van der Waals surface area contributed by atoms with Gasteiger partial charge in [-0.15, -0.1) is 0 Å². The summed E-state index contributed by atoms with van der Waals surface area (Å²) in [5.41, 5.74) is 6.66. The Morgan fingerprint density at radius 2 is 1.78 bits per heavy atom. The number of H-pyrrole nitrogens is 1. The molecule has 0 spiro atoms. The second kappa shape index (κ2) is 5.43. The van der Waals surface area contributed by atoms with E-state index in [4.69, 9.17) is 5.73 Å². The molecule has 3 rings (SSSR count). The van der Waals surface area contributed by atoms with Gasteiger partial charge in [-0.25, -0.2) is 15.1 Å². The Balaban J connectivity index is 2.12. The van der Waals surface area contributed by atoms with Crippen LogP contribution in [0, 0.1) is 0 Å². The van der Waals surface area contributed by atoms with E-state index >= 15 is 0 Å². The van der Waals surface area contributed by atoms with Gasteiger partial charge in [0.25, 0.3) is 5.56 Å². The number of halogens is 3. The van der Waals surface area contributed by atoms with Crippen LogP contribution in [-0.2, 0) is 12.7 Å².